The quantitative estimate of drug-likeness (QED) is 0.639. The maximum Gasteiger partial charge on any atom is 0.176 e. The molecule has 80 valence electrons. The number of benzene rings is 1. The van der Waals surface area contributed by atoms with Crippen LogP contribution in [0, 0.1) is 0 Å². The molecule has 0 aliphatic rings. The molecule has 0 saturated carbocycles. The lowest BCUT2D eigenvalue weighted by Crippen LogP contribution is -2.00. The molecule has 4 rings (SSSR count). The maximum atomic E-state index is 11.7. The Morgan fingerprint density at radius 3 is 2.44 bits per heavy atom. The summed E-state index contributed by atoms with van der Waals surface area (Å²) in [5.41, 5.74) is 0.478. The van der Waals surface area contributed by atoms with Crippen LogP contribution in [0.15, 0.2) is 35.5 Å². The molecule has 3 heterocycles. The number of hydrogen-bond donors (Lipinski definition) is 0. The van der Waals surface area contributed by atoms with Crippen molar-refractivity contribution in [1.82, 2.24) is 9.97 Å². The van der Waals surface area contributed by atoms with Crippen molar-refractivity contribution >= 4 is 31.6 Å². The Balaban J connectivity index is 2.64. The third kappa shape index (κ3) is 1.18. The van der Waals surface area contributed by atoms with Gasteiger partial charge in [-0.15, -0.1) is 0 Å². The lowest BCUT2D eigenvalue weighted by atomic mass is 10.1. The number of pyridine rings is 2. The Kier molecular flexibility index (Phi) is 1.71. The smallest absolute Gasteiger partial charge is 0.176 e. The monoisotopic (exact) mass is 232 g/mol. The zero-order valence-corrected chi connectivity index (χ0v) is 9.32. The van der Waals surface area contributed by atoms with Crippen LogP contribution < -0.4 is 0 Å². The van der Waals surface area contributed by atoms with Gasteiger partial charge in [0.15, 0.2) is 15.5 Å². The second kappa shape index (κ2) is 2.89. The van der Waals surface area contributed by atoms with E-state index < -0.39 is 9.84 Å². The Hall–Kier alpha value is -1.75. The maximum absolute atomic E-state index is 11.7. The highest BCUT2D eigenvalue weighted by atomic mass is 32.2. The average Bonchev–Trinajstić information content (AvgIpc) is 2.29. The standard InChI is InChI=1S/C11H8N2O2S/c1-16(14,15)9-4-2-3-8-7-5-12-11(10(8)9)13-6-7/h2-6H,1H3. The highest BCUT2D eigenvalue weighted by Crippen LogP contribution is 2.29. The molecule has 5 heteroatoms. The molecule has 3 aromatic heterocycles. The van der Waals surface area contributed by atoms with Crippen molar-refractivity contribution < 1.29 is 8.42 Å². The van der Waals surface area contributed by atoms with E-state index in [1.165, 1.54) is 6.26 Å². The molecular formula is C11H8N2O2S. The van der Waals surface area contributed by atoms with Crippen LogP contribution >= 0.6 is 0 Å². The highest BCUT2D eigenvalue weighted by Gasteiger charge is 2.16. The second-order valence-corrected chi connectivity index (χ2v) is 5.73. The lowest BCUT2D eigenvalue weighted by molar-refractivity contribution is 0.602. The van der Waals surface area contributed by atoms with Gasteiger partial charge in [0.25, 0.3) is 0 Å². The summed E-state index contributed by atoms with van der Waals surface area (Å²) in [6.45, 7) is 0. The molecule has 0 amide bonds. The van der Waals surface area contributed by atoms with E-state index in [-0.39, 0.29) is 0 Å². The summed E-state index contributed by atoms with van der Waals surface area (Å²) in [6.07, 6.45) is 4.61. The zero-order valence-electron chi connectivity index (χ0n) is 8.51. The van der Waals surface area contributed by atoms with E-state index in [0.717, 1.165) is 10.8 Å². The van der Waals surface area contributed by atoms with E-state index in [1.807, 2.05) is 6.07 Å². The van der Waals surface area contributed by atoms with Crippen LogP contribution in [0.25, 0.3) is 21.8 Å². The molecule has 0 saturated heterocycles. The second-order valence-electron chi connectivity index (χ2n) is 3.75. The summed E-state index contributed by atoms with van der Waals surface area (Å²) in [5.74, 6) is 0. The summed E-state index contributed by atoms with van der Waals surface area (Å²) < 4.78 is 23.3. The summed E-state index contributed by atoms with van der Waals surface area (Å²) in [7, 11) is -3.25. The first-order chi connectivity index (χ1) is 7.57. The predicted molar refractivity (Wildman–Crippen MR) is 61.3 cm³/mol. The molecule has 2 bridgehead atoms. The molecular weight excluding hydrogens is 224 g/mol. The van der Waals surface area contributed by atoms with E-state index in [9.17, 15) is 8.42 Å². The van der Waals surface area contributed by atoms with Crippen molar-refractivity contribution in [3.63, 3.8) is 0 Å². The number of aromatic nitrogens is 2. The Bertz CT molecular complexity index is 760. The first-order valence-electron chi connectivity index (χ1n) is 4.73. The first-order valence-corrected chi connectivity index (χ1v) is 6.62. The van der Waals surface area contributed by atoms with Gasteiger partial charge in [-0.1, -0.05) is 12.1 Å². The van der Waals surface area contributed by atoms with Crippen LogP contribution in [-0.2, 0) is 9.84 Å². The summed E-state index contributed by atoms with van der Waals surface area (Å²) in [5, 5.41) is 2.38. The number of sulfone groups is 1. The summed E-state index contributed by atoms with van der Waals surface area (Å²) in [4.78, 5) is 8.51. The van der Waals surface area contributed by atoms with Crippen molar-refractivity contribution in [3.8, 4) is 0 Å². The molecule has 0 unspecified atom stereocenters. The summed E-state index contributed by atoms with van der Waals surface area (Å²) in [6, 6.07) is 5.22. The van der Waals surface area contributed by atoms with Gasteiger partial charge in [0, 0.05) is 29.4 Å². The first kappa shape index (κ1) is 9.47. The number of nitrogens with zero attached hydrogens (tertiary/aromatic N) is 2. The molecule has 1 aromatic carbocycles. The Morgan fingerprint density at radius 1 is 1.12 bits per heavy atom. The van der Waals surface area contributed by atoms with Crippen molar-refractivity contribution in [2.45, 2.75) is 4.90 Å². The van der Waals surface area contributed by atoms with Gasteiger partial charge in [-0.3, -0.25) is 0 Å². The van der Waals surface area contributed by atoms with E-state index >= 15 is 0 Å². The number of fused-ring (bicyclic) bond motifs is 2. The molecule has 0 aliphatic heterocycles. The molecule has 0 fully saturated rings. The van der Waals surface area contributed by atoms with Crippen molar-refractivity contribution in [1.29, 1.82) is 0 Å². The molecule has 0 spiro atoms. The molecule has 16 heavy (non-hydrogen) atoms. The SMILES string of the molecule is CS(=O)(=O)c1cccc2c3cnc(nc3)c12. The van der Waals surface area contributed by atoms with Crippen molar-refractivity contribution in [2.75, 3.05) is 6.26 Å². The highest BCUT2D eigenvalue weighted by molar-refractivity contribution is 7.91. The Morgan fingerprint density at radius 2 is 1.81 bits per heavy atom. The molecule has 0 N–H and O–H groups in total. The number of rotatable bonds is 1. The van der Waals surface area contributed by atoms with Gasteiger partial charge in [-0.25, -0.2) is 18.4 Å². The van der Waals surface area contributed by atoms with Gasteiger partial charge in [0.2, 0.25) is 0 Å². The lowest BCUT2D eigenvalue weighted by Gasteiger charge is -2.08. The minimum Gasteiger partial charge on any atom is -0.236 e. The van der Waals surface area contributed by atoms with E-state index in [0.29, 0.717) is 15.9 Å². The fourth-order valence-electron chi connectivity index (χ4n) is 1.91. The molecule has 0 aliphatic carbocycles. The van der Waals surface area contributed by atoms with E-state index in [2.05, 4.69) is 9.97 Å². The zero-order chi connectivity index (χ0) is 11.3. The van der Waals surface area contributed by atoms with Gasteiger partial charge in [-0.05, 0) is 11.5 Å². The van der Waals surface area contributed by atoms with Gasteiger partial charge >= 0.3 is 0 Å². The normalized spacial score (nSPS) is 12.6. The van der Waals surface area contributed by atoms with Gasteiger partial charge in [0.05, 0.1) is 4.90 Å². The van der Waals surface area contributed by atoms with Crippen molar-refractivity contribution in [2.24, 2.45) is 0 Å². The van der Waals surface area contributed by atoms with Crippen LogP contribution in [-0.4, -0.2) is 24.6 Å². The van der Waals surface area contributed by atoms with Gasteiger partial charge in [0.1, 0.15) is 0 Å². The minimum atomic E-state index is -3.25. The van der Waals surface area contributed by atoms with Crippen LogP contribution in [0.3, 0.4) is 0 Å². The van der Waals surface area contributed by atoms with Crippen LogP contribution in [0.5, 0.6) is 0 Å². The minimum absolute atomic E-state index is 0.297. The van der Waals surface area contributed by atoms with Gasteiger partial charge in [-0.2, -0.15) is 0 Å². The molecule has 4 aromatic rings. The number of hydrogen-bond acceptors (Lipinski definition) is 4. The molecule has 0 atom stereocenters. The fraction of sp³-hybridized carbons (Fsp3) is 0.0909. The van der Waals surface area contributed by atoms with Crippen LogP contribution in [0.4, 0.5) is 0 Å². The van der Waals surface area contributed by atoms with Gasteiger partial charge < -0.3 is 0 Å². The molecule has 0 radical (unpaired) electrons. The largest absolute Gasteiger partial charge is 0.236 e. The van der Waals surface area contributed by atoms with Crippen LogP contribution in [0.2, 0.25) is 0 Å². The third-order valence-corrected chi connectivity index (χ3v) is 3.75. The Labute approximate surface area is 92.2 Å². The van der Waals surface area contributed by atoms with E-state index in [4.69, 9.17) is 0 Å². The fourth-order valence-corrected chi connectivity index (χ4v) is 2.81. The van der Waals surface area contributed by atoms with Crippen molar-refractivity contribution in [3.05, 3.63) is 30.6 Å². The third-order valence-electron chi connectivity index (χ3n) is 2.61. The average molecular weight is 232 g/mol. The molecule has 4 nitrogen and oxygen atoms in total. The van der Waals surface area contributed by atoms with Crippen LogP contribution in [0.1, 0.15) is 0 Å². The summed E-state index contributed by atoms with van der Waals surface area (Å²) >= 11 is 0. The van der Waals surface area contributed by atoms with E-state index in [1.54, 1.807) is 24.5 Å². The topological polar surface area (TPSA) is 59.9 Å². The predicted octanol–water partition coefficient (Wildman–Crippen LogP) is 1.62.